The van der Waals surface area contributed by atoms with E-state index in [1.807, 2.05) is 71.5 Å². The Morgan fingerprint density at radius 2 is 1.64 bits per heavy atom. The van der Waals surface area contributed by atoms with Crippen LogP contribution in [0.2, 0.25) is 0 Å². The van der Waals surface area contributed by atoms with Gasteiger partial charge in [-0.15, -0.1) is 0 Å². The fourth-order valence-electron chi connectivity index (χ4n) is 4.87. The highest BCUT2D eigenvalue weighted by molar-refractivity contribution is 5.99. The molecule has 1 fully saturated rings. The van der Waals surface area contributed by atoms with Crippen molar-refractivity contribution in [3.05, 3.63) is 108 Å². The molecule has 0 spiro atoms. The van der Waals surface area contributed by atoms with E-state index in [4.69, 9.17) is 14.6 Å². The lowest BCUT2D eigenvalue weighted by atomic mass is 9.74. The molecule has 5 rings (SSSR count). The van der Waals surface area contributed by atoms with Gasteiger partial charge in [0, 0.05) is 36.9 Å². The molecule has 0 saturated carbocycles. The van der Waals surface area contributed by atoms with E-state index in [1.165, 1.54) is 5.56 Å². The Bertz CT molecular complexity index is 1280. The van der Waals surface area contributed by atoms with E-state index in [2.05, 4.69) is 29.6 Å². The van der Waals surface area contributed by atoms with Crippen molar-refractivity contribution >= 4 is 5.91 Å². The van der Waals surface area contributed by atoms with Crippen molar-refractivity contribution < 1.29 is 14.3 Å². The largest absolute Gasteiger partial charge is 0.497 e. The third-order valence-corrected chi connectivity index (χ3v) is 6.98. The van der Waals surface area contributed by atoms with E-state index in [-0.39, 0.29) is 11.3 Å². The van der Waals surface area contributed by atoms with Gasteiger partial charge in [-0.05, 0) is 36.1 Å². The van der Waals surface area contributed by atoms with E-state index in [0.29, 0.717) is 37.6 Å². The quantitative estimate of drug-likeness (QED) is 0.381. The van der Waals surface area contributed by atoms with E-state index in [1.54, 1.807) is 7.11 Å². The number of nitrogens with one attached hydrogen (secondary N) is 1. The third kappa shape index (κ3) is 5.19. The number of carbonyl (C=O) groups is 1. The van der Waals surface area contributed by atoms with Crippen LogP contribution in [0.1, 0.15) is 34.3 Å². The molecule has 1 saturated heterocycles. The highest BCUT2D eigenvalue weighted by Crippen LogP contribution is 2.35. The molecule has 0 bridgehead atoms. The fourth-order valence-corrected chi connectivity index (χ4v) is 4.87. The van der Waals surface area contributed by atoms with E-state index < -0.39 is 0 Å². The van der Waals surface area contributed by atoms with Gasteiger partial charge in [0.15, 0.2) is 0 Å². The molecule has 1 aliphatic rings. The van der Waals surface area contributed by atoms with Crippen LogP contribution in [0.4, 0.5) is 0 Å². The summed E-state index contributed by atoms with van der Waals surface area (Å²) in [6, 6.07) is 28.2. The first-order valence-corrected chi connectivity index (χ1v) is 12.3. The number of hydrogen-bond acceptors (Lipinski definition) is 4. The van der Waals surface area contributed by atoms with Gasteiger partial charge in [-0.2, -0.15) is 5.10 Å². The zero-order valence-electron chi connectivity index (χ0n) is 20.5. The molecule has 0 radical (unpaired) electrons. The monoisotopic (exact) mass is 481 g/mol. The predicted molar refractivity (Wildman–Crippen MR) is 140 cm³/mol. The number of ether oxygens (including phenoxy) is 2. The lowest BCUT2D eigenvalue weighted by Gasteiger charge is -2.38. The summed E-state index contributed by atoms with van der Waals surface area (Å²) in [5, 5.41) is 8.05. The Morgan fingerprint density at radius 1 is 0.972 bits per heavy atom. The molecule has 4 aromatic rings. The number of amides is 1. The number of benzene rings is 3. The first-order valence-electron chi connectivity index (χ1n) is 12.3. The van der Waals surface area contributed by atoms with Crippen LogP contribution in [0.5, 0.6) is 5.75 Å². The average molecular weight is 482 g/mol. The Labute approximate surface area is 211 Å². The SMILES string of the molecule is COc1ccc(C2(CNC(=O)c3cn(Cc4ccccc4)nc3-c3ccccc3)CCOCC2)cc1. The first kappa shape index (κ1) is 23.8. The van der Waals surface area contributed by atoms with E-state index in [0.717, 1.165) is 29.7 Å². The van der Waals surface area contributed by atoms with Gasteiger partial charge in [-0.3, -0.25) is 9.48 Å². The molecule has 6 nitrogen and oxygen atoms in total. The zero-order chi connectivity index (χ0) is 24.8. The van der Waals surface area contributed by atoms with Crippen LogP contribution in [-0.2, 0) is 16.7 Å². The van der Waals surface area contributed by atoms with Crippen molar-refractivity contribution in [1.29, 1.82) is 0 Å². The topological polar surface area (TPSA) is 65.4 Å². The third-order valence-electron chi connectivity index (χ3n) is 6.98. The number of carbonyl (C=O) groups excluding carboxylic acids is 1. The summed E-state index contributed by atoms with van der Waals surface area (Å²) in [4.78, 5) is 13.6. The molecule has 36 heavy (non-hydrogen) atoms. The number of rotatable bonds is 8. The minimum absolute atomic E-state index is 0.118. The molecule has 1 amide bonds. The second kappa shape index (κ2) is 10.8. The molecule has 0 aliphatic carbocycles. The van der Waals surface area contributed by atoms with Gasteiger partial charge in [-0.1, -0.05) is 72.8 Å². The predicted octanol–water partition coefficient (Wildman–Crippen LogP) is 5.09. The molecular weight excluding hydrogens is 450 g/mol. The molecule has 0 unspecified atom stereocenters. The molecule has 184 valence electrons. The fraction of sp³-hybridized carbons (Fsp3) is 0.267. The molecule has 2 heterocycles. The Kier molecular flexibility index (Phi) is 7.14. The number of nitrogens with zero attached hydrogens (tertiary/aromatic N) is 2. The number of methoxy groups -OCH3 is 1. The smallest absolute Gasteiger partial charge is 0.255 e. The molecule has 6 heteroatoms. The van der Waals surface area contributed by atoms with Crippen LogP contribution in [0.25, 0.3) is 11.3 Å². The summed E-state index contributed by atoms with van der Waals surface area (Å²) >= 11 is 0. The van der Waals surface area contributed by atoms with Gasteiger partial charge in [-0.25, -0.2) is 0 Å². The van der Waals surface area contributed by atoms with Crippen LogP contribution in [0.15, 0.2) is 91.1 Å². The van der Waals surface area contributed by atoms with Gasteiger partial charge >= 0.3 is 0 Å². The van der Waals surface area contributed by atoms with Gasteiger partial charge < -0.3 is 14.8 Å². The average Bonchev–Trinajstić information content (AvgIpc) is 3.37. The highest BCUT2D eigenvalue weighted by atomic mass is 16.5. The van der Waals surface area contributed by atoms with Crippen molar-refractivity contribution in [3.8, 4) is 17.0 Å². The lowest BCUT2D eigenvalue weighted by Crippen LogP contribution is -2.44. The van der Waals surface area contributed by atoms with Crippen molar-refractivity contribution in [2.45, 2.75) is 24.8 Å². The van der Waals surface area contributed by atoms with E-state index >= 15 is 0 Å². The summed E-state index contributed by atoms with van der Waals surface area (Å²) in [7, 11) is 1.67. The van der Waals surface area contributed by atoms with Crippen molar-refractivity contribution in [1.82, 2.24) is 15.1 Å². The Balaban J connectivity index is 1.41. The van der Waals surface area contributed by atoms with Crippen LogP contribution >= 0.6 is 0 Å². The Hall–Kier alpha value is -3.90. The number of hydrogen-bond donors (Lipinski definition) is 1. The molecule has 1 N–H and O–H groups in total. The van der Waals surface area contributed by atoms with Gasteiger partial charge in [0.1, 0.15) is 11.4 Å². The standard InChI is InChI=1S/C30H31N3O3/c1-35-26-14-12-25(13-15-26)30(16-18-36-19-17-30)22-31-29(34)27-21-33(20-23-8-4-2-5-9-23)32-28(27)24-10-6-3-7-11-24/h2-15,21H,16-20,22H2,1H3,(H,31,34). The molecule has 1 aliphatic heterocycles. The first-order chi connectivity index (χ1) is 17.7. The summed E-state index contributed by atoms with van der Waals surface area (Å²) in [5.41, 5.74) is 4.32. The van der Waals surface area contributed by atoms with Crippen LogP contribution in [-0.4, -0.2) is 42.6 Å². The number of aromatic nitrogens is 2. The lowest BCUT2D eigenvalue weighted by molar-refractivity contribution is 0.0487. The van der Waals surface area contributed by atoms with Crippen molar-refractivity contribution in [2.75, 3.05) is 26.9 Å². The van der Waals surface area contributed by atoms with E-state index in [9.17, 15) is 4.79 Å². The van der Waals surface area contributed by atoms with Crippen LogP contribution < -0.4 is 10.1 Å². The summed E-state index contributed by atoms with van der Waals surface area (Å²) in [5.74, 6) is 0.705. The maximum atomic E-state index is 13.6. The molecule has 0 atom stereocenters. The van der Waals surface area contributed by atoms with Gasteiger partial charge in [0.2, 0.25) is 0 Å². The summed E-state index contributed by atoms with van der Waals surface area (Å²) in [6.07, 6.45) is 3.55. The minimum atomic E-state index is -0.187. The minimum Gasteiger partial charge on any atom is -0.497 e. The maximum Gasteiger partial charge on any atom is 0.255 e. The van der Waals surface area contributed by atoms with Gasteiger partial charge in [0.05, 0.1) is 19.2 Å². The zero-order valence-corrected chi connectivity index (χ0v) is 20.5. The van der Waals surface area contributed by atoms with Gasteiger partial charge in [0.25, 0.3) is 5.91 Å². The van der Waals surface area contributed by atoms with Crippen LogP contribution in [0, 0.1) is 0 Å². The molecular formula is C30H31N3O3. The Morgan fingerprint density at radius 3 is 2.31 bits per heavy atom. The maximum absolute atomic E-state index is 13.6. The second-order valence-corrected chi connectivity index (χ2v) is 9.24. The summed E-state index contributed by atoms with van der Waals surface area (Å²) < 4.78 is 12.9. The second-order valence-electron chi connectivity index (χ2n) is 9.24. The summed E-state index contributed by atoms with van der Waals surface area (Å²) in [6.45, 7) is 2.47. The molecule has 3 aromatic carbocycles. The normalized spacial score (nSPS) is 14.8. The molecule has 1 aromatic heterocycles. The van der Waals surface area contributed by atoms with Crippen molar-refractivity contribution in [2.24, 2.45) is 0 Å². The van der Waals surface area contributed by atoms with Crippen LogP contribution in [0.3, 0.4) is 0 Å². The van der Waals surface area contributed by atoms with Crippen molar-refractivity contribution in [3.63, 3.8) is 0 Å². The highest BCUT2D eigenvalue weighted by Gasteiger charge is 2.35.